The van der Waals surface area contributed by atoms with Crippen molar-refractivity contribution in [1.29, 1.82) is 0 Å². The number of halogens is 1. The molecule has 0 saturated carbocycles. The highest BCUT2D eigenvalue weighted by atomic mass is 19.1. The average molecular weight is 475 g/mol. The fourth-order valence-electron chi connectivity index (χ4n) is 4.41. The zero-order valence-corrected chi connectivity index (χ0v) is 19.9. The lowest BCUT2D eigenvalue weighted by Crippen LogP contribution is -2.56. The number of anilines is 1. The first-order valence-corrected chi connectivity index (χ1v) is 11.5. The van der Waals surface area contributed by atoms with Gasteiger partial charge in [-0.25, -0.2) is 14.2 Å². The summed E-state index contributed by atoms with van der Waals surface area (Å²) in [4.78, 5) is 21.9. The van der Waals surface area contributed by atoms with Gasteiger partial charge in [0.2, 0.25) is 0 Å². The molecule has 1 fully saturated rings. The summed E-state index contributed by atoms with van der Waals surface area (Å²) in [5.74, 6) is 2.54. The molecule has 7 nitrogen and oxygen atoms in total. The van der Waals surface area contributed by atoms with E-state index in [9.17, 15) is 9.18 Å². The smallest absolute Gasteiger partial charge is 0.322 e. The summed E-state index contributed by atoms with van der Waals surface area (Å²) in [6.07, 6.45) is 0. The third-order valence-corrected chi connectivity index (χ3v) is 6.27. The molecule has 1 atom stereocenters. The molecule has 2 heterocycles. The van der Waals surface area contributed by atoms with Gasteiger partial charge < -0.3 is 24.6 Å². The van der Waals surface area contributed by atoms with Crippen LogP contribution in [0.3, 0.4) is 0 Å². The van der Waals surface area contributed by atoms with Gasteiger partial charge in [0, 0.05) is 37.4 Å². The maximum absolute atomic E-state index is 13.2. The highest BCUT2D eigenvalue weighted by molar-refractivity contribution is 6.04. The monoisotopic (exact) mass is 474 g/mol. The number of hydrogen-bond acceptors (Lipinski definition) is 5. The third kappa shape index (κ3) is 4.64. The summed E-state index contributed by atoms with van der Waals surface area (Å²) in [6.45, 7) is 5.75. The largest absolute Gasteiger partial charge is 0.497 e. The highest BCUT2D eigenvalue weighted by Gasteiger charge is 2.32. The third-order valence-electron chi connectivity index (χ3n) is 6.27. The van der Waals surface area contributed by atoms with Gasteiger partial charge in [-0.1, -0.05) is 6.07 Å². The highest BCUT2D eigenvalue weighted by Crippen LogP contribution is 2.40. The summed E-state index contributed by atoms with van der Waals surface area (Å²) in [7, 11) is 1.63. The molecule has 1 saturated heterocycles. The Labute approximate surface area is 203 Å². The molecule has 0 aromatic heterocycles. The molecule has 3 aromatic rings. The Hall–Kier alpha value is -4.07. The van der Waals surface area contributed by atoms with Crippen molar-refractivity contribution in [3.63, 3.8) is 0 Å². The molecule has 5 rings (SSSR count). The summed E-state index contributed by atoms with van der Waals surface area (Å²) in [5, 5.41) is 2.86. The number of nitrogens with one attached hydrogen (secondary N) is 1. The Morgan fingerprint density at radius 2 is 1.89 bits per heavy atom. The van der Waals surface area contributed by atoms with Crippen molar-refractivity contribution in [2.24, 2.45) is 4.99 Å². The SMILES string of the molecule is COc1ccc2c(c1)Oc1cc(C)ccc1N=C2N1CCN(C(=O)Nc2ccc(F)cc2)[C@H](C)C1. The van der Waals surface area contributed by atoms with Crippen molar-refractivity contribution in [3.05, 3.63) is 77.6 Å². The van der Waals surface area contributed by atoms with Crippen LogP contribution >= 0.6 is 0 Å². The van der Waals surface area contributed by atoms with Gasteiger partial charge in [0.15, 0.2) is 5.75 Å². The number of hydrogen-bond donors (Lipinski definition) is 1. The Morgan fingerprint density at radius 3 is 2.63 bits per heavy atom. The number of piperazine rings is 1. The number of ether oxygens (including phenoxy) is 2. The number of aliphatic imine (C=N–C) groups is 1. The molecular formula is C27H27FN4O3. The predicted octanol–water partition coefficient (Wildman–Crippen LogP) is 5.56. The molecular weight excluding hydrogens is 447 g/mol. The van der Waals surface area contributed by atoms with E-state index in [2.05, 4.69) is 10.2 Å². The number of methoxy groups -OCH3 is 1. The fourth-order valence-corrected chi connectivity index (χ4v) is 4.41. The fraction of sp³-hybridized carbons (Fsp3) is 0.259. The molecule has 0 radical (unpaired) electrons. The summed E-state index contributed by atoms with van der Waals surface area (Å²) >= 11 is 0. The molecule has 0 aliphatic carbocycles. The Morgan fingerprint density at radius 1 is 1.09 bits per heavy atom. The van der Waals surface area contributed by atoms with Gasteiger partial charge in [-0.2, -0.15) is 0 Å². The van der Waals surface area contributed by atoms with Crippen molar-refractivity contribution in [3.8, 4) is 17.2 Å². The van der Waals surface area contributed by atoms with Crippen LogP contribution < -0.4 is 14.8 Å². The van der Waals surface area contributed by atoms with Crippen LogP contribution in [-0.4, -0.2) is 54.5 Å². The second-order valence-electron chi connectivity index (χ2n) is 8.80. The Bertz CT molecular complexity index is 1290. The van der Waals surface area contributed by atoms with Crippen molar-refractivity contribution < 1.29 is 18.7 Å². The van der Waals surface area contributed by atoms with Crippen LogP contribution in [0.15, 0.2) is 65.7 Å². The number of amidine groups is 1. The first kappa shape index (κ1) is 22.7. The lowest BCUT2D eigenvalue weighted by Gasteiger charge is -2.41. The van der Waals surface area contributed by atoms with E-state index in [4.69, 9.17) is 14.5 Å². The topological polar surface area (TPSA) is 66.4 Å². The number of rotatable bonds is 2. The van der Waals surface area contributed by atoms with Crippen LogP contribution in [0.25, 0.3) is 0 Å². The number of benzene rings is 3. The number of carbonyl (C=O) groups is 1. The molecule has 180 valence electrons. The standard InChI is InChI=1S/C27H27FN4O3/c1-17-4-11-23-25(14-17)35-24-15-21(34-3)9-10-22(24)26(30-23)31-12-13-32(18(2)16-31)27(33)29-20-7-5-19(28)6-8-20/h4-11,14-15,18H,12-13,16H2,1-3H3,(H,29,33)/t18-/m1/s1. The number of carbonyl (C=O) groups excluding carboxylic acids is 1. The molecule has 2 amide bonds. The van der Waals surface area contributed by atoms with Crippen molar-refractivity contribution >= 4 is 23.2 Å². The van der Waals surface area contributed by atoms with E-state index in [0.717, 1.165) is 22.6 Å². The van der Waals surface area contributed by atoms with E-state index in [1.54, 1.807) is 24.1 Å². The minimum atomic E-state index is -0.340. The van der Waals surface area contributed by atoms with Crippen molar-refractivity contribution in [2.75, 3.05) is 32.1 Å². The van der Waals surface area contributed by atoms with Gasteiger partial charge in [-0.05, 0) is 67.9 Å². The van der Waals surface area contributed by atoms with E-state index in [0.29, 0.717) is 42.6 Å². The zero-order chi connectivity index (χ0) is 24.5. The quantitative estimate of drug-likeness (QED) is 0.528. The number of urea groups is 1. The summed E-state index contributed by atoms with van der Waals surface area (Å²) in [6, 6.07) is 17.2. The van der Waals surface area contributed by atoms with E-state index in [1.807, 2.05) is 50.2 Å². The van der Waals surface area contributed by atoms with Crippen molar-refractivity contribution in [2.45, 2.75) is 19.9 Å². The first-order valence-electron chi connectivity index (χ1n) is 11.5. The van der Waals surface area contributed by atoms with Crippen LogP contribution in [0.1, 0.15) is 18.1 Å². The molecule has 0 unspecified atom stereocenters. The van der Waals surface area contributed by atoms with Gasteiger partial charge in [0.1, 0.15) is 28.8 Å². The summed E-state index contributed by atoms with van der Waals surface area (Å²) in [5.41, 5.74) is 3.27. The minimum Gasteiger partial charge on any atom is -0.497 e. The molecule has 0 bridgehead atoms. The average Bonchev–Trinajstić information content (AvgIpc) is 3.01. The number of aryl methyl sites for hydroxylation is 1. The lowest BCUT2D eigenvalue weighted by atomic mass is 10.1. The molecule has 2 aliphatic rings. The molecule has 3 aromatic carbocycles. The molecule has 0 spiro atoms. The van der Waals surface area contributed by atoms with Crippen LogP contribution in [0.2, 0.25) is 0 Å². The van der Waals surface area contributed by atoms with Gasteiger partial charge in [0.05, 0.1) is 12.7 Å². The zero-order valence-electron chi connectivity index (χ0n) is 19.9. The molecule has 35 heavy (non-hydrogen) atoms. The second-order valence-corrected chi connectivity index (χ2v) is 8.80. The minimum absolute atomic E-state index is 0.0738. The van der Waals surface area contributed by atoms with E-state index in [-0.39, 0.29) is 17.9 Å². The first-order chi connectivity index (χ1) is 16.9. The lowest BCUT2D eigenvalue weighted by molar-refractivity contribution is 0.145. The molecule has 1 N–H and O–H groups in total. The van der Waals surface area contributed by atoms with Crippen LogP contribution in [0.4, 0.5) is 20.6 Å². The maximum atomic E-state index is 13.2. The number of amides is 2. The van der Waals surface area contributed by atoms with Crippen LogP contribution in [-0.2, 0) is 0 Å². The Kier molecular flexibility index (Phi) is 6.03. The Balaban J connectivity index is 1.41. The van der Waals surface area contributed by atoms with E-state index in [1.165, 1.54) is 12.1 Å². The van der Waals surface area contributed by atoms with E-state index < -0.39 is 0 Å². The van der Waals surface area contributed by atoms with Gasteiger partial charge >= 0.3 is 6.03 Å². The normalized spacial score (nSPS) is 16.9. The van der Waals surface area contributed by atoms with E-state index >= 15 is 0 Å². The van der Waals surface area contributed by atoms with Crippen molar-refractivity contribution in [1.82, 2.24) is 9.80 Å². The van der Waals surface area contributed by atoms with Gasteiger partial charge in [0.25, 0.3) is 0 Å². The number of nitrogens with zero attached hydrogens (tertiary/aromatic N) is 3. The predicted molar refractivity (Wildman–Crippen MR) is 134 cm³/mol. The van der Waals surface area contributed by atoms with Gasteiger partial charge in [-0.15, -0.1) is 0 Å². The van der Waals surface area contributed by atoms with Crippen LogP contribution in [0, 0.1) is 12.7 Å². The van der Waals surface area contributed by atoms with Crippen LogP contribution in [0.5, 0.6) is 17.2 Å². The van der Waals surface area contributed by atoms with Gasteiger partial charge in [-0.3, -0.25) is 0 Å². The molecule has 8 heteroatoms. The summed E-state index contributed by atoms with van der Waals surface area (Å²) < 4.78 is 24.9. The number of fused-ring (bicyclic) bond motifs is 2. The molecule has 2 aliphatic heterocycles. The maximum Gasteiger partial charge on any atom is 0.322 e. The second kappa shape index (κ2) is 9.29.